The summed E-state index contributed by atoms with van der Waals surface area (Å²) in [5.41, 5.74) is 6.74. The Labute approximate surface area is 109 Å². The van der Waals surface area contributed by atoms with Gasteiger partial charge < -0.3 is 5.11 Å². The molecule has 0 radical (unpaired) electrons. The van der Waals surface area contributed by atoms with Crippen LogP contribution in [0.5, 0.6) is 0 Å². The summed E-state index contributed by atoms with van der Waals surface area (Å²) < 4.78 is 24.4. The van der Waals surface area contributed by atoms with Gasteiger partial charge in [-0.1, -0.05) is 23.3 Å². The molecule has 1 fully saturated rings. The molecule has 1 saturated carbocycles. The Morgan fingerprint density at radius 1 is 1.37 bits per heavy atom. The van der Waals surface area contributed by atoms with Crippen molar-refractivity contribution in [3.05, 3.63) is 40.8 Å². The summed E-state index contributed by atoms with van der Waals surface area (Å²) in [5, 5.41) is 11.4. The number of aliphatic carboxylic acids is 1. The lowest BCUT2D eigenvalue weighted by molar-refractivity contribution is -0.146. The van der Waals surface area contributed by atoms with E-state index in [2.05, 4.69) is 10.0 Å². The predicted octanol–water partition coefficient (Wildman–Crippen LogP) is 1.76. The molecule has 2 rings (SSSR count). The van der Waals surface area contributed by atoms with Crippen LogP contribution in [0.2, 0.25) is 0 Å². The van der Waals surface area contributed by atoms with Gasteiger partial charge in [-0.05, 0) is 30.5 Å². The van der Waals surface area contributed by atoms with E-state index in [-0.39, 0.29) is 17.7 Å². The van der Waals surface area contributed by atoms with Gasteiger partial charge in [0.15, 0.2) is 9.84 Å². The van der Waals surface area contributed by atoms with Gasteiger partial charge in [-0.25, -0.2) is 8.42 Å². The lowest BCUT2D eigenvalue weighted by atomic mass is 9.77. The normalized spacial score (nSPS) is 26.0. The van der Waals surface area contributed by atoms with E-state index in [1.807, 2.05) is 0 Å². The first-order valence-corrected chi connectivity index (χ1v) is 7.06. The number of rotatable bonds is 4. The minimum Gasteiger partial charge on any atom is -0.481 e. The fourth-order valence-electron chi connectivity index (χ4n) is 2.10. The molecule has 1 aliphatic rings. The minimum atomic E-state index is -3.57. The third-order valence-electron chi connectivity index (χ3n) is 3.28. The Bertz CT molecular complexity index is 640. The molecule has 1 aliphatic carbocycles. The van der Waals surface area contributed by atoms with Crippen LogP contribution in [0.4, 0.5) is 0 Å². The summed E-state index contributed by atoms with van der Waals surface area (Å²) in [7, 11) is -3.57. The van der Waals surface area contributed by atoms with Gasteiger partial charge in [-0.3, -0.25) is 4.79 Å². The van der Waals surface area contributed by atoms with Crippen LogP contribution in [0.3, 0.4) is 0 Å². The molecule has 1 aromatic carbocycles. The third-order valence-corrected chi connectivity index (χ3v) is 5.42. The summed E-state index contributed by atoms with van der Waals surface area (Å²) in [6.45, 7) is 0. The molecule has 1 aromatic rings. The number of benzene rings is 1. The zero-order valence-electron chi connectivity index (χ0n) is 9.80. The van der Waals surface area contributed by atoms with Crippen molar-refractivity contribution in [1.29, 1.82) is 0 Å². The average molecular weight is 281 g/mol. The van der Waals surface area contributed by atoms with E-state index in [0.29, 0.717) is 0 Å². The number of sulfone groups is 1. The molecule has 0 spiro atoms. The van der Waals surface area contributed by atoms with Gasteiger partial charge in [0.25, 0.3) is 0 Å². The Morgan fingerprint density at radius 2 is 1.95 bits per heavy atom. The van der Waals surface area contributed by atoms with Crippen LogP contribution in [0.1, 0.15) is 12.8 Å². The van der Waals surface area contributed by atoms with Crippen LogP contribution in [0, 0.1) is 0 Å². The number of hydrogen-bond donors (Lipinski definition) is 1. The van der Waals surface area contributed by atoms with E-state index >= 15 is 0 Å². The van der Waals surface area contributed by atoms with Crippen molar-refractivity contribution in [2.45, 2.75) is 28.5 Å². The molecule has 0 aromatic heterocycles. The van der Waals surface area contributed by atoms with Crippen molar-refractivity contribution < 1.29 is 18.3 Å². The zero-order chi connectivity index (χ0) is 14.1. The van der Waals surface area contributed by atoms with E-state index in [9.17, 15) is 13.2 Å². The number of carboxylic acid groups (broad SMARTS) is 1. The number of nitrogens with zero attached hydrogens (tertiary/aromatic N) is 3. The van der Waals surface area contributed by atoms with Crippen molar-refractivity contribution in [3.8, 4) is 0 Å². The van der Waals surface area contributed by atoms with Gasteiger partial charge in [-0.2, -0.15) is 0 Å². The molecule has 7 nitrogen and oxygen atoms in total. The monoisotopic (exact) mass is 281 g/mol. The minimum absolute atomic E-state index is 0.153. The number of carboxylic acids is 1. The SMILES string of the molecule is [N-]=[N+]=NC1(C(=O)O)CC(S(=O)(=O)c2ccccc2)C1. The summed E-state index contributed by atoms with van der Waals surface area (Å²) >= 11 is 0. The van der Waals surface area contributed by atoms with Crippen molar-refractivity contribution in [1.82, 2.24) is 0 Å². The second-order valence-electron chi connectivity index (χ2n) is 4.41. The zero-order valence-corrected chi connectivity index (χ0v) is 10.6. The number of hydrogen-bond acceptors (Lipinski definition) is 4. The summed E-state index contributed by atoms with van der Waals surface area (Å²) in [5.74, 6) is -1.29. The molecule has 0 heterocycles. The maximum Gasteiger partial charge on any atom is 0.315 e. The number of carbonyl (C=O) groups is 1. The van der Waals surface area contributed by atoms with Gasteiger partial charge in [-0.15, -0.1) is 0 Å². The van der Waals surface area contributed by atoms with Crippen molar-refractivity contribution >= 4 is 15.8 Å². The largest absolute Gasteiger partial charge is 0.481 e. The number of azide groups is 1. The van der Waals surface area contributed by atoms with Gasteiger partial charge in [0, 0.05) is 4.91 Å². The molecule has 0 unspecified atom stereocenters. The predicted molar refractivity (Wildman–Crippen MR) is 66.2 cm³/mol. The Morgan fingerprint density at radius 3 is 2.42 bits per heavy atom. The summed E-state index contributed by atoms with van der Waals surface area (Å²) in [6.07, 6.45) is -0.382. The molecule has 0 saturated heterocycles. The maximum absolute atomic E-state index is 12.2. The molecule has 0 bridgehead atoms. The molecule has 100 valence electrons. The van der Waals surface area contributed by atoms with E-state index in [4.69, 9.17) is 10.6 Å². The fraction of sp³-hybridized carbons (Fsp3) is 0.364. The van der Waals surface area contributed by atoms with Crippen LogP contribution in [0.15, 0.2) is 40.3 Å². The molecule has 8 heteroatoms. The Hall–Kier alpha value is -2.05. The highest BCUT2D eigenvalue weighted by atomic mass is 32.2. The quantitative estimate of drug-likeness (QED) is 0.513. The Balaban J connectivity index is 2.25. The van der Waals surface area contributed by atoms with Crippen LogP contribution < -0.4 is 0 Å². The molecule has 0 aliphatic heterocycles. The first kappa shape index (κ1) is 13.4. The van der Waals surface area contributed by atoms with Gasteiger partial charge in [0.05, 0.1) is 10.1 Å². The first-order valence-electron chi connectivity index (χ1n) is 5.51. The molecule has 19 heavy (non-hydrogen) atoms. The van der Waals surface area contributed by atoms with Gasteiger partial charge in [0.2, 0.25) is 0 Å². The second-order valence-corrected chi connectivity index (χ2v) is 6.64. The van der Waals surface area contributed by atoms with Crippen LogP contribution in [-0.2, 0) is 14.6 Å². The Kier molecular flexibility index (Phi) is 3.21. The van der Waals surface area contributed by atoms with Crippen molar-refractivity contribution in [3.63, 3.8) is 0 Å². The van der Waals surface area contributed by atoms with Crippen molar-refractivity contribution in [2.24, 2.45) is 5.11 Å². The second kappa shape index (κ2) is 4.56. The molecular formula is C11H11N3O4S. The first-order chi connectivity index (χ1) is 8.92. The standard InChI is InChI=1S/C11H11N3O4S/c12-14-13-11(10(15)16)6-9(7-11)19(17,18)8-4-2-1-3-5-8/h1-5,9H,6-7H2,(H,15,16). The summed E-state index contributed by atoms with van der Waals surface area (Å²) in [6, 6.07) is 7.82. The van der Waals surface area contributed by atoms with E-state index in [1.165, 1.54) is 12.1 Å². The molecule has 1 N–H and O–H groups in total. The maximum atomic E-state index is 12.2. The highest BCUT2D eigenvalue weighted by Crippen LogP contribution is 2.42. The molecular weight excluding hydrogens is 270 g/mol. The lowest BCUT2D eigenvalue weighted by Crippen LogP contribution is -2.54. The third kappa shape index (κ3) is 2.16. The lowest BCUT2D eigenvalue weighted by Gasteiger charge is -2.39. The summed E-state index contributed by atoms with van der Waals surface area (Å²) in [4.78, 5) is 13.7. The van der Waals surface area contributed by atoms with Gasteiger partial charge >= 0.3 is 5.97 Å². The fourth-order valence-corrected chi connectivity index (χ4v) is 4.01. The van der Waals surface area contributed by atoms with Crippen LogP contribution in [0.25, 0.3) is 10.4 Å². The van der Waals surface area contributed by atoms with Gasteiger partial charge in [0.1, 0.15) is 5.54 Å². The molecule has 0 atom stereocenters. The van der Waals surface area contributed by atoms with Crippen molar-refractivity contribution in [2.75, 3.05) is 0 Å². The topological polar surface area (TPSA) is 120 Å². The molecule has 0 amide bonds. The highest BCUT2D eigenvalue weighted by Gasteiger charge is 2.55. The van der Waals surface area contributed by atoms with E-state index < -0.39 is 26.6 Å². The van der Waals surface area contributed by atoms with E-state index in [1.54, 1.807) is 18.2 Å². The van der Waals surface area contributed by atoms with Crippen LogP contribution in [-0.4, -0.2) is 30.3 Å². The van der Waals surface area contributed by atoms with Crippen LogP contribution >= 0.6 is 0 Å². The van der Waals surface area contributed by atoms with E-state index in [0.717, 1.165) is 0 Å². The highest BCUT2D eigenvalue weighted by molar-refractivity contribution is 7.92. The smallest absolute Gasteiger partial charge is 0.315 e. The average Bonchev–Trinajstić information content (AvgIpc) is 2.33.